The fourth-order valence-corrected chi connectivity index (χ4v) is 9.55. The number of carbonyl (C=O) groups is 3. The fraction of sp³-hybridized carbons (Fsp3) is 0.512. The standard InChI is InChI=1S/C43H54ClFN12O5/c1-24(2)57-39-27(16-35(41(57)61)62-23-37(59)46-5)15-28(19-47-39)49-38-31(44)20-48-42(51-38)56-10-9-26(25(3)21-56)22-54-11-13-55(14-12-54)34-18-33-30(17-32(34)45)43(4,52-53(33)6)29-7-8-36(58)50-40(29)60/h15-20,24-26,29,52H,7-14,21-23H2,1-6H3,(H,46,59)(H,48,49,51)(H,50,58,60)/t25-,26-,29?,43?/m1/s1. The summed E-state index contributed by atoms with van der Waals surface area (Å²) in [5, 5.41) is 11.1. The van der Waals surface area contributed by atoms with E-state index in [9.17, 15) is 19.2 Å². The van der Waals surface area contributed by atoms with E-state index in [1.165, 1.54) is 11.6 Å². The summed E-state index contributed by atoms with van der Waals surface area (Å²) in [6.07, 6.45) is 4.82. The molecule has 3 saturated heterocycles. The monoisotopic (exact) mass is 872 g/mol. The number of fused-ring (bicyclic) bond motifs is 2. The molecule has 0 bridgehead atoms. The molecule has 4 aromatic rings. The number of imide groups is 1. The third-order valence-corrected chi connectivity index (χ3v) is 13.2. The van der Waals surface area contributed by atoms with Gasteiger partial charge in [0.05, 0.1) is 40.9 Å². The number of ether oxygens (including phenoxy) is 1. The third kappa shape index (κ3) is 8.34. The van der Waals surface area contributed by atoms with E-state index in [0.717, 1.165) is 50.4 Å². The molecule has 4 N–H and O–H groups in total. The predicted molar refractivity (Wildman–Crippen MR) is 236 cm³/mol. The van der Waals surface area contributed by atoms with Crippen LogP contribution in [0.4, 0.5) is 33.2 Å². The summed E-state index contributed by atoms with van der Waals surface area (Å²) in [4.78, 5) is 70.5. The van der Waals surface area contributed by atoms with E-state index >= 15 is 4.39 Å². The van der Waals surface area contributed by atoms with Crippen LogP contribution in [0.3, 0.4) is 0 Å². The number of amides is 3. The summed E-state index contributed by atoms with van der Waals surface area (Å²) >= 11 is 6.61. The first-order valence-electron chi connectivity index (χ1n) is 21.2. The molecule has 4 aliphatic heterocycles. The molecule has 19 heteroatoms. The van der Waals surface area contributed by atoms with Crippen LogP contribution in [-0.2, 0) is 19.9 Å². The van der Waals surface area contributed by atoms with Gasteiger partial charge in [0.25, 0.3) is 11.5 Å². The van der Waals surface area contributed by atoms with E-state index in [4.69, 9.17) is 21.3 Å². The van der Waals surface area contributed by atoms with Crippen LogP contribution >= 0.6 is 11.6 Å². The summed E-state index contributed by atoms with van der Waals surface area (Å²) in [7, 11) is 3.38. The summed E-state index contributed by atoms with van der Waals surface area (Å²) in [5.74, 6) is 0.0701. The van der Waals surface area contributed by atoms with Crippen LogP contribution in [0.5, 0.6) is 5.75 Å². The normalized spacial score (nSPS) is 23.2. The lowest BCUT2D eigenvalue weighted by Gasteiger charge is -2.42. The molecule has 2 unspecified atom stereocenters. The number of anilines is 5. The van der Waals surface area contributed by atoms with Crippen LogP contribution in [0.2, 0.25) is 5.02 Å². The minimum Gasteiger partial charge on any atom is -0.478 e. The maximum Gasteiger partial charge on any atom is 0.294 e. The van der Waals surface area contributed by atoms with Crippen molar-refractivity contribution >= 4 is 69.2 Å². The molecule has 3 aromatic heterocycles. The number of carbonyl (C=O) groups excluding carboxylic acids is 3. The highest BCUT2D eigenvalue weighted by Gasteiger charge is 2.49. The highest BCUT2D eigenvalue weighted by Crippen LogP contribution is 2.46. The smallest absolute Gasteiger partial charge is 0.294 e. The average molecular weight is 873 g/mol. The zero-order valence-electron chi connectivity index (χ0n) is 35.9. The maximum atomic E-state index is 15.9. The summed E-state index contributed by atoms with van der Waals surface area (Å²) in [6.45, 7) is 13.1. The van der Waals surface area contributed by atoms with Gasteiger partial charge in [-0.05, 0) is 69.7 Å². The molecule has 1 aromatic carbocycles. The second kappa shape index (κ2) is 17.3. The molecular formula is C43H54ClFN12O5. The number of hydrogen-bond acceptors (Lipinski definition) is 14. The second-order valence-electron chi connectivity index (χ2n) is 17.3. The van der Waals surface area contributed by atoms with Crippen LogP contribution < -0.4 is 46.5 Å². The van der Waals surface area contributed by atoms with Crippen LogP contribution in [0.25, 0.3) is 11.0 Å². The lowest BCUT2D eigenvalue weighted by Crippen LogP contribution is -2.55. The summed E-state index contributed by atoms with van der Waals surface area (Å²) in [5.41, 5.74) is 5.36. The molecule has 0 spiro atoms. The second-order valence-corrected chi connectivity index (χ2v) is 17.7. The molecule has 4 atom stereocenters. The minimum atomic E-state index is -0.838. The van der Waals surface area contributed by atoms with Gasteiger partial charge in [-0.15, -0.1) is 0 Å². The Kier molecular flexibility index (Phi) is 12.0. The zero-order chi connectivity index (χ0) is 44.0. The number of hydrazine groups is 1. The molecule has 62 heavy (non-hydrogen) atoms. The number of rotatable bonds is 11. The highest BCUT2D eigenvalue weighted by atomic mass is 35.5. The van der Waals surface area contributed by atoms with Crippen LogP contribution in [-0.4, -0.2) is 109 Å². The first kappa shape index (κ1) is 43.1. The van der Waals surface area contributed by atoms with Gasteiger partial charge in [-0.25, -0.2) is 19.8 Å². The number of benzene rings is 1. The lowest BCUT2D eigenvalue weighted by atomic mass is 9.76. The van der Waals surface area contributed by atoms with E-state index < -0.39 is 11.5 Å². The minimum absolute atomic E-state index is 0.0473. The van der Waals surface area contributed by atoms with Crippen molar-refractivity contribution in [2.24, 2.45) is 17.8 Å². The first-order valence-corrected chi connectivity index (χ1v) is 21.6. The van der Waals surface area contributed by atoms with E-state index in [-0.39, 0.29) is 53.9 Å². The van der Waals surface area contributed by atoms with E-state index in [2.05, 4.69) is 53.0 Å². The van der Waals surface area contributed by atoms with Crippen LogP contribution in [0.1, 0.15) is 58.6 Å². The van der Waals surface area contributed by atoms with Gasteiger partial charge in [0.1, 0.15) is 16.5 Å². The maximum absolute atomic E-state index is 15.9. The molecule has 8 rings (SSSR count). The van der Waals surface area contributed by atoms with E-state index in [1.54, 1.807) is 24.5 Å². The Morgan fingerprint density at radius 1 is 1.03 bits per heavy atom. The Balaban J connectivity index is 0.884. The number of piperidine rings is 2. The first-order chi connectivity index (χ1) is 29.6. The number of hydrogen-bond donors (Lipinski definition) is 4. The third-order valence-electron chi connectivity index (χ3n) is 12.9. The Bertz CT molecular complexity index is 2460. The number of pyridine rings is 2. The molecular weight excluding hydrogens is 819 g/mol. The lowest BCUT2D eigenvalue weighted by molar-refractivity contribution is -0.138. The van der Waals surface area contributed by atoms with Gasteiger partial charge in [-0.3, -0.25) is 34.0 Å². The number of piperazine rings is 1. The van der Waals surface area contributed by atoms with Gasteiger partial charge < -0.3 is 30.2 Å². The van der Waals surface area contributed by atoms with Gasteiger partial charge >= 0.3 is 0 Å². The van der Waals surface area contributed by atoms with Crippen molar-refractivity contribution in [1.29, 1.82) is 0 Å². The van der Waals surface area contributed by atoms with E-state index in [1.807, 2.05) is 45.0 Å². The molecule has 330 valence electrons. The SMILES string of the molecule is CNC(=O)COc1cc2cc(Nc3nc(N4CC[C@H](CN5CCN(c6cc7c(cc6F)C(C)(C6CCC(=O)NC6=O)NN7C)CC5)[C@H](C)C4)ncc3Cl)cnc2n(C(C)C)c1=O. The molecule has 4 aliphatic rings. The van der Waals surface area contributed by atoms with Crippen molar-refractivity contribution in [3.63, 3.8) is 0 Å². The Morgan fingerprint density at radius 2 is 1.81 bits per heavy atom. The Morgan fingerprint density at radius 3 is 2.52 bits per heavy atom. The van der Waals surface area contributed by atoms with Crippen molar-refractivity contribution in [3.8, 4) is 5.75 Å². The quantitative estimate of drug-likeness (QED) is 0.159. The zero-order valence-corrected chi connectivity index (χ0v) is 36.7. The van der Waals surface area contributed by atoms with Crippen LogP contribution in [0.15, 0.2) is 41.5 Å². The highest BCUT2D eigenvalue weighted by molar-refractivity contribution is 6.33. The van der Waals surface area contributed by atoms with Gasteiger partial charge in [0, 0.05) is 83.3 Å². The van der Waals surface area contributed by atoms with Crippen LogP contribution in [0, 0.1) is 23.6 Å². The summed E-state index contributed by atoms with van der Waals surface area (Å²) in [6, 6.07) is 6.66. The largest absolute Gasteiger partial charge is 0.478 e. The molecule has 17 nitrogen and oxygen atoms in total. The molecule has 0 radical (unpaired) electrons. The number of halogens is 2. The number of likely N-dealkylation sites (N-methyl/N-ethyl adjacent to an activating group) is 1. The van der Waals surface area contributed by atoms with Crippen molar-refractivity contribution < 1.29 is 23.5 Å². The fourth-order valence-electron chi connectivity index (χ4n) is 9.42. The van der Waals surface area contributed by atoms with Gasteiger partial charge in [-0.1, -0.05) is 18.5 Å². The topological polar surface area (TPSA) is 182 Å². The summed E-state index contributed by atoms with van der Waals surface area (Å²) < 4.78 is 23.1. The molecule has 0 aliphatic carbocycles. The number of nitrogens with one attached hydrogen (secondary N) is 4. The Labute approximate surface area is 364 Å². The molecule has 3 fully saturated rings. The van der Waals surface area contributed by atoms with Crippen molar-refractivity contribution in [3.05, 3.63) is 63.4 Å². The number of aromatic nitrogens is 4. The predicted octanol–water partition coefficient (Wildman–Crippen LogP) is 3.94. The average Bonchev–Trinajstić information content (AvgIpc) is 3.49. The van der Waals surface area contributed by atoms with Gasteiger partial charge in [-0.2, -0.15) is 4.98 Å². The number of nitrogens with zero attached hydrogens (tertiary/aromatic N) is 8. The molecule has 0 saturated carbocycles. The van der Waals surface area contributed by atoms with Crippen molar-refractivity contribution in [2.75, 3.05) is 86.6 Å². The van der Waals surface area contributed by atoms with Crippen molar-refractivity contribution in [2.45, 2.75) is 58.5 Å². The molecule has 3 amide bonds. The van der Waals surface area contributed by atoms with Crippen molar-refractivity contribution in [1.82, 2.24) is 40.5 Å². The molecule has 7 heterocycles. The van der Waals surface area contributed by atoms with Gasteiger partial charge in [0.15, 0.2) is 18.2 Å². The Hall–Kier alpha value is -5.59. The van der Waals surface area contributed by atoms with Gasteiger partial charge in [0.2, 0.25) is 17.8 Å². The van der Waals surface area contributed by atoms with E-state index in [0.29, 0.717) is 70.5 Å².